The Hall–Kier alpha value is -3.88. The van der Waals surface area contributed by atoms with Crippen LogP contribution in [0.4, 0.5) is 4.79 Å². The first-order valence-corrected chi connectivity index (χ1v) is 10.3. The number of carbonyl (C=O) groups is 1. The highest BCUT2D eigenvalue weighted by atomic mass is 16.5. The van der Waals surface area contributed by atoms with E-state index in [4.69, 9.17) is 9.15 Å². The second-order valence-electron chi connectivity index (χ2n) is 8.10. The van der Waals surface area contributed by atoms with Gasteiger partial charge in [-0.25, -0.2) is 9.78 Å². The first-order valence-electron chi connectivity index (χ1n) is 10.3. The first kappa shape index (κ1) is 21.4. The minimum atomic E-state index is -1.10. The molecule has 0 bridgehead atoms. The lowest BCUT2D eigenvalue weighted by atomic mass is 10.0. The molecule has 0 aliphatic heterocycles. The van der Waals surface area contributed by atoms with E-state index in [2.05, 4.69) is 15.3 Å². The third-order valence-corrected chi connectivity index (χ3v) is 5.33. The van der Waals surface area contributed by atoms with Crippen molar-refractivity contribution < 1.29 is 19.1 Å². The summed E-state index contributed by atoms with van der Waals surface area (Å²) in [4.78, 5) is 32.2. The predicted octanol–water partition coefficient (Wildman–Crippen LogP) is 3.80. The van der Waals surface area contributed by atoms with Gasteiger partial charge in [0.15, 0.2) is 12.2 Å². The molecule has 166 valence electrons. The van der Waals surface area contributed by atoms with Gasteiger partial charge in [0.2, 0.25) is 0 Å². The quantitative estimate of drug-likeness (QED) is 0.423. The third-order valence-electron chi connectivity index (χ3n) is 5.33. The Kier molecular flexibility index (Phi) is 5.81. The highest BCUT2D eigenvalue weighted by Gasteiger charge is 2.19. The van der Waals surface area contributed by atoms with E-state index in [1.165, 1.54) is 6.39 Å². The largest absolute Gasteiger partial charge is 0.491 e. The van der Waals surface area contributed by atoms with Crippen molar-refractivity contribution in [3.63, 3.8) is 0 Å². The summed E-state index contributed by atoms with van der Waals surface area (Å²) >= 11 is 0. The Morgan fingerprint density at radius 3 is 2.72 bits per heavy atom. The van der Waals surface area contributed by atoms with Gasteiger partial charge in [-0.15, -0.1) is 0 Å². The van der Waals surface area contributed by atoms with E-state index in [-0.39, 0.29) is 18.1 Å². The Morgan fingerprint density at radius 1 is 1.22 bits per heavy atom. The molecule has 1 unspecified atom stereocenters. The maximum absolute atomic E-state index is 12.9. The third kappa shape index (κ3) is 4.14. The van der Waals surface area contributed by atoms with Gasteiger partial charge in [0.05, 0.1) is 28.7 Å². The normalized spacial score (nSPS) is 12.4. The number of carboxylic acid groups (broad SMARTS) is 1. The Morgan fingerprint density at radius 2 is 2.03 bits per heavy atom. The van der Waals surface area contributed by atoms with Crippen LogP contribution in [-0.4, -0.2) is 38.4 Å². The van der Waals surface area contributed by atoms with Crippen LogP contribution in [0, 0.1) is 5.92 Å². The van der Waals surface area contributed by atoms with Crippen LogP contribution in [0.3, 0.4) is 0 Å². The zero-order valence-electron chi connectivity index (χ0n) is 18.0. The molecule has 3 aromatic heterocycles. The van der Waals surface area contributed by atoms with Crippen molar-refractivity contribution in [2.24, 2.45) is 13.0 Å². The van der Waals surface area contributed by atoms with Crippen molar-refractivity contribution in [3.8, 4) is 17.1 Å². The van der Waals surface area contributed by atoms with Crippen molar-refractivity contribution in [3.05, 3.63) is 53.5 Å². The van der Waals surface area contributed by atoms with E-state index in [1.54, 1.807) is 42.3 Å². The standard InChI is InChI=1S/C23H24N4O5/c1-13(2)6-14(26-23(29)30)11-31-20-8-19-16(7-17(20)21-10-25-12-32-21)15-4-5-24-9-18(15)22(28)27(19)3/h4-5,7-10,12-14,26H,6,11H2,1-3H3,(H,29,30). The molecule has 4 rings (SSSR count). The number of benzene rings is 1. The number of amides is 1. The molecule has 9 heteroatoms. The number of fused-ring (bicyclic) bond motifs is 3. The number of rotatable bonds is 7. The Balaban J connectivity index is 1.85. The fourth-order valence-corrected chi connectivity index (χ4v) is 3.92. The molecule has 0 fully saturated rings. The topological polar surface area (TPSA) is 119 Å². The van der Waals surface area contributed by atoms with E-state index in [0.717, 1.165) is 10.8 Å². The number of ether oxygens (including phenoxy) is 1. The van der Waals surface area contributed by atoms with Crippen molar-refractivity contribution in [2.45, 2.75) is 26.3 Å². The maximum atomic E-state index is 12.9. The van der Waals surface area contributed by atoms with Crippen LogP contribution in [0.2, 0.25) is 0 Å². The van der Waals surface area contributed by atoms with Crippen molar-refractivity contribution in [1.29, 1.82) is 0 Å². The molecule has 0 spiro atoms. The lowest BCUT2D eigenvalue weighted by Crippen LogP contribution is -2.39. The van der Waals surface area contributed by atoms with E-state index < -0.39 is 12.1 Å². The first-order chi connectivity index (χ1) is 15.3. The number of pyridine rings is 2. The highest BCUT2D eigenvalue weighted by molar-refractivity contribution is 6.07. The number of nitrogens with one attached hydrogen (secondary N) is 1. The number of hydrogen-bond acceptors (Lipinski definition) is 6. The van der Waals surface area contributed by atoms with E-state index in [1.807, 2.05) is 19.9 Å². The van der Waals surface area contributed by atoms with Gasteiger partial charge in [0.1, 0.15) is 12.4 Å². The lowest BCUT2D eigenvalue weighted by Gasteiger charge is -2.21. The van der Waals surface area contributed by atoms with Crippen LogP contribution in [-0.2, 0) is 7.05 Å². The Bertz CT molecular complexity index is 1330. The molecule has 4 aromatic rings. The monoisotopic (exact) mass is 436 g/mol. The average molecular weight is 436 g/mol. The fourth-order valence-electron chi connectivity index (χ4n) is 3.92. The van der Waals surface area contributed by atoms with Crippen molar-refractivity contribution >= 4 is 27.8 Å². The van der Waals surface area contributed by atoms with Gasteiger partial charge < -0.3 is 24.1 Å². The lowest BCUT2D eigenvalue weighted by molar-refractivity contribution is 0.176. The summed E-state index contributed by atoms with van der Waals surface area (Å²) in [6.45, 7) is 4.16. The molecular weight excluding hydrogens is 412 g/mol. The molecule has 0 aliphatic carbocycles. The predicted molar refractivity (Wildman–Crippen MR) is 120 cm³/mol. The number of aryl methyl sites for hydroxylation is 1. The van der Waals surface area contributed by atoms with Gasteiger partial charge in [-0.3, -0.25) is 9.78 Å². The molecule has 0 aliphatic rings. The number of oxazole rings is 1. The summed E-state index contributed by atoms with van der Waals surface area (Å²) in [6.07, 6.45) is 5.64. The smallest absolute Gasteiger partial charge is 0.404 e. The van der Waals surface area contributed by atoms with E-state index in [0.29, 0.717) is 34.4 Å². The SMILES string of the molecule is CC(C)CC(COc1cc2c(cc1-c1cnco1)c1ccncc1c(=O)n2C)NC(=O)O. The van der Waals surface area contributed by atoms with Crippen LogP contribution < -0.4 is 15.6 Å². The minimum Gasteiger partial charge on any atom is -0.491 e. The summed E-state index contributed by atoms with van der Waals surface area (Å²) in [7, 11) is 1.70. The number of hydrogen-bond donors (Lipinski definition) is 2. The molecule has 9 nitrogen and oxygen atoms in total. The molecule has 3 heterocycles. The molecule has 32 heavy (non-hydrogen) atoms. The van der Waals surface area contributed by atoms with Crippen LogP contribution in [0.1, 0.15) is 20.3 Å². The summed E-state index contributed by atoms with van der Waals surface area (Å²) in [5.41, 5.74) is 1.17. The van der Waals surface area contributed by atoms with Gasteiger partial charge in [-0.2, -0.15) is 0 Å². The van der Waals surface area contributed by atoms with Gasteiger partial charge in [0, 0.05) is 30.9 Å². The molecule has 1 amide bonds. The fraction of sp³-hybridized carbons (Fsp3) is 0.304. The number of nitrogens with zero attached hydrogens (tertiary/aromatic N) is 3. The van der Waals surface area contributed by atoms with E-state index in [9.17, 15) is 14.7 Å². The maximum Gasteiger partial charge on any atom is 0.404 e. The molecule has 0 saturated heterocycles. The van der Waals surface area contributed by atoms with Crippen LogP contribution >= 0.6 is 0 Å². The molecule has 0 radical (unpaired) electrons. The van der Waals surface area contributed by atoms with E-state index >= 15 is 0 Å². The summed E-state index contributed by atoms with van der Waals surface area (Å²) in [6, 6.07) is 5.09. The van der Waals surface area contributed by atoms with Crippen LogP contribution in [0.5, 0.6) is 5.75 Å². The molecule has 1 aromatic carbocycles. The van der Waals surface area contributed by atoms with Gasteiger partial charge in [-0.1, -0.05) is 13.8 Å². The van der Waals surface area contributed by atoms with Crippen molar-refractivity contribution in [2.75, 3.05) is 6.61 Å². The minimum absolute atomic E-state index is 0.128. The van der Waals surface area contributed by atoms with Gasteiger partial charge >= 0.3 is 6.09 Å². The Labute approximate surface area is 183 Å². The van der Waals surface area contributed by atoms with Crippen molar-refractivity contribution in [1.82, 2.24) is 19.9 Å². The van der Waals surface area contributed by atoms with Crippen LogP contribution in [0.25, 0.3) is 33.0 Å². The summed E-state index contributed by atoms with van der Waals surface area (Å²) < 4.78 is 13.2. The average Bonchev–Trinajstić information content (AvgIpc) is 3.29. The number of aromatic nitrogens is 3. The summed E-state index contributed by atoms with van der Waals surface area (Å²) in [5, 5.41) is 13.8. The molecule has 1 atom stereocenters. The van der Waals surface area contributed by atoms with Gasteiger partial charge in [-0.05, 0) is 29.9 Å². The van der Waals surface area contributed by atoms with Crippen LogP contribution in [0.15, 0.2) is 52.4 Å². The zero-order valence-corrected chi connectivity index (χ0v) is 18.0. The second-order valence-corrected chi connectivity index (χ2v) is 8.10. The van der Waals surface area contributed by atoms with Gasteiger partial charge in [0.25, 0.3) is 5.56 Å². The second kappa shape index (κ2) is 8.70. The highest BCUT2D eigenvalue weighted by Crippen LogP contribution is 2.36. The molecule has 0 saturated carbocycles. The summed E-state index contributed by atoms with van der Waals surface area (Å²) in [5.74, 6) is 1.25. The molecule has 2 N–H and O–H groups in total. The molecular formula is C23H24N4O5. The zero-order chi connectivity index (χ0) is 22.8.